The zero-order chi connectivity index (χ0) is 19.2. The molecule has 4 aromatic carbocycles. The summed E-state index contributed by atoms with van der Waals surface area (Å²) in [6, 6.07) is 42.4. The summed E-state index contributed by atoms with van der Waals surface area (Å²) in [5, 5.41) is 0. The standard InChI is InChI=1S/C26H21O.Ti/c27-26(23-17-9-3-10-18-23,24-19-11-4-12-20-24)25(21-13-5-1-6-14-21)22-15-7-2-8-16-22;/h1-20,25H;/q-1;+1. The molecule has 0 spiro atoms. The molecule has 0 bridgehead atoms. The molecule has 0 fully saturated rings. The summed E-state index contributed by atoms with van der Waals surface area (Å²) in [4.78, 5) is 0. The van der Waals surface area contributed by atoms with E-state index in [2.05, 4.69) is 121 Å². The Morgan fingerprint density at radius 1 is 0.500 bits per heavy atom. The molecule has 0 aromatic heterocycles. The average Bonchev–Trinajstić information content (AvgIpc) is 2.80. The van der Waals surface area contributed by atoms with Crippen LogP contribution in [-0.4, -0.2) is 0 Å². The molecule has 0 atom stereocenters. The first-order chi connectivity index (χ1) is 13.9. The van der Waals surface area contributed by atoms with Crippen LogP contribution in [-0.2, 0) is 29.7 Å². The summed E-state index contributed by atoms with van der Waals surface area (Å²) >= 11 is 1.82. The van der Waals surface area contributed by atoms with E-state index >= 15 is 0 Å². The second-order valence-electron chi connectivity index (χ2n) is 6.82. The number of rotatable bonds is 6. The van der Waals surface area contributed by atoms with Crippen LogP contribution in [0.4, 0.5) is 0 Å². The molecule has 28 heavy (non-hydrogen) atoms. The molecule has 0 saturated carbocycles. The normalized spacial score (nSPS) is 11.4. The van der Waals surface area contributed by atoms with E-state index in [-0.39, 0.29) is 5.92 Å². The maximum absolute atomic E-state index is 6.48. The Balaban J connectivity index is 2.05. The first-order valence-corrected chi connectivity index (χ1v) is 10.1. The van der Waals surface area contributed by atoms with Crippen LogP contribution in [0, 0.1) is 0 Å². The van der Waals surface area contributed by atoms with Gasteiger partial charge in [-0.1, -0.05) is 0 Å². The molecule has 4 aromatic rings. The molecule has 0 saturated heterocycles. The fourth-order valence-electron chi connectivity index (χ4n) is 4.00. The molecule has 2 heteroatoms. The summed E-state index contributed by atoms with van der Waals surface area (Å²) in [5.74, 6) is 0.00435. The molecule has 135 valence electrons. The summed E-state index contributed by atoms with van der Waals surface area (Å²) < 4.78 is 6.48. The van der Waals surface area contributed by atoms with Crippen molar-refractivity contribution in [2.75, 3.05) is 0 Å². The molecule has 4 rings (SSSR count). The molecule has 0 N–H and O–H groups in total. The number of hydrogen-bond acceptors (Lipinski definition) is 1. The van der Waals surface area contributed by atoms with E-state index in [0.29, 0.717) is 0 Å². The Kier molecular flexibility index (Phi) is 5.88. The molecule has 0 aliphatic rings. The summed E-state index contributed by atoms with van der Waals surface area (Å²) in [5.41, 5.74) is 4.08. The van der Waals surface area contributed by atoms with Gasteiger partial charge < -0.3 is 0 Å². The van der Waals surface area contributed by atoms with Crippen LogP contribution in [0.3, 0.4) is 0 Å². The van der Waals surface area contributed by atoms with Crippen LogP contribution in [0.5, 0.6) is 0 Å². The molecule has 0 aliphatic carbocycles. The molecule has 1 nitrogen and oxygen atoms in total. The van der Waals surface area contributed by atoms with Crippen LogP contribution in [0.15, 0.2) is 121 Å². The zero-order valence-electron chi connectivity index (χ0n) is 15.5. The van der Waals surface area contributed by atoms with E-state index in [1.165, 1.54) is 11.1 Å². The Morgan fingerprint density at radius 3 is 1.14 bits per heavy atom. The Bertz CT molecular complexity index is 907. The maximum atomic E-state index is 6.48. The molecular weight excluding hydrogens is 376 g/mol. The van der Waals surface area contributed by atoms with Crippen molar-refractivity contribution in [3.63, 3.8) is 0 Å². The van der Waals surface area contributed by atoms with Crippen molar-refractivity contribution < 1.29 is 24.1 Å². The van der Waals surface area contributed by atoms with Crippen molar-refractivity contribution in [1.29, 1.82) is 0 Å². The van der Waals surface area contributed by atoms with Crippen molar-refractivity contribution in [2.45, 2.75) is 11.5 Å². The number of benzene rings is 4. The van der Waals surface area contributed by atoms with Crippen molar-refractivity contribution in [3.05, 3.63) is 144 Å². The van der Waals surface area contributed by atoms with Crippen LogP contribution in [0.25, 0.3) is 0 Å². The monoisotopic (exact) mass is 397 g/mol. The van der Waals surface area contributed by atoms with Crippen molar-refractivity contribution in [2.24, 2.45) is 0 Å². The molecule has 0 radical (unpaired) electrons. The Labute approximate surface area is 178 Å². The second kappa shape index (κ2) is 8.71. The fourth-order valence-corrected chi connectivity index (χ4v) is 4.55. The second-order valence-corrected chi connectivity index (χ2v) is 7.14. The predicted octanol–water partition coefficient (Wildman–Crippen LogP) is 6.24. The van der Waals surface area contributed by atoms with E-state index in [1.54, 1.807) is 0 Å². The van der Waals surface area contributed by atoms with E-state index in [1.807, 2.05) is 20.8 Å². The first-order valence-electron chi connectivity index (χ1n) is 9.42. The Hall–Kier alpha value is -2.45. The van der Waals surface area contributed by atoms with E-state index in [0.717, 1.165) is 11.1 Å². The fraction of sp³-hybridized carbons (Fsp3) is 0.0769. The topological polar surface area (TPSA) is 9.23 Å². The van der Waals surface area contributed by atoms with Gasteiger partial charge in [-0.25, -0.2) is 0 Å². The third-order valence-electron chi connectivity index (χ3n) is 5.24. The zero-order valence-corrected chi connectivity index (χ0v) is 17.1. The average molecular weight is 397 g/mol. The third-order valence-corrected chi connectivity index (χ3v) is 5.74. The first kappa shape index (κ1) is 18.9. The van der Waals surface area contributed by atoms with Crippen LogP contribution < -0.4 is 0 Å². The SMILES string of the molecule is [Ti][O]C(c1ccccc1)(c1ccccc1)C(c1ccccc1)c1ccccc1. The quantitative estimate of drug-likeness (QED) is 0.350. The van der Waals surface area contributed by atoms with Crippen LogP contribution in [0.2, 0.25) is 0 Å². The molecule has 0 unspecified atom stereocenters. The molecule has 0 aliphatic heterocycles. The predicted molar refractivity (Wildman–Crippen MR) is 109 cm³/mol. The van der Waals surface area contributed by atoms with Crippen LogP contribution >= 0.6 is 0 Å². The van der Waals surface area contributed by atoms with E-state index in [9.17, 15) is 0 Å². The van der Waals surface area contributed by atoms with E-state index in [4.69, 9.17) is 3.32 Å². The van der Waals surface area contributed by atoms with Gasteiger partial charge in [-0.05, 0) is 0 Å². The van der Waals surface area contributed by atoms with Gasteiger partial charge in [0.15, 0.2) is 0 Å². The van der Waals surface area contributed by atoms with Gasteiger partial charge in [0.25, 0.3) is 0 Å². The van der Waals surface area contributed by atoms with Gasteiger partial charge in [0, 0.05) is 0 Å². The van der Waals surface area contributed by atoms with Gasteiger partial charge >= 0.3 is 179 Å². The van der Waals surface area contributed by atoms with Gasteiger partial charge in [-0.15, -0.1) is 0 Å². The summed E-state index contributed by atoms with van der Waals surface area (Å²) in [7, 11) is 0. The summed E-state index contributed by atoms with van der Waals surface area (Å²) in [6.45, 7) is 0. The van der Waals surface area contributed by atoms with Gasteiger partial charge in [-0.3, -0.25) is 0 Å². The Morgan fingerprint density at radius 2 is 0.821 bits per heavy atom. The van der Waals surface area contributed by atoms with Gasteiger partial charge in [0.05, 0.1) is 0 Å². The van der Waals surface area contributed by atoms with Crippen molar-refractivity contribution >= 4 is 0 Å². The van der Waals surface area contributed by atoms with Gasteiger partial charge in [-0.2, -0.15) is 0 Å². The third kappa shape index (κ3) is 3.49. The number of hydrogen-bond donors (Lipinski definition) is 0. The minimum atomic E-state index is -0.648. The van der Waals surface area contributed by atoms with Crippen molar-refractivity contribution in [3.8, 4) is 0 Å². The molecular formula is C26H21OTi. The van der Waals surface area contributed by atoms with Crippen molar-refractivity contribution in [1.82, 2.24) is 0 Å². The van der Waals surface area contributed by atoms with E-state index < -0.39 is 5.60 Å². The molecule has 0 heterocycles. The van der Waals surface area contributed by atoms with Gasteiger partial charge in [0.2, 0.25) is 0 Å². The van der Waals surface area contributed by atoms with Crippen LogP contribution in [0.1, 0.15) is 28.2 Å². The van der Waals surface area contributed by atoms with Gasteiger partial charge in [0.1, 0.15) is 0 Å². The molecule has 0 amide bonds. The summed E-state index contributed by atoms with van der Waals surface area (Å²) in [6.07, 6.45) is 0. The minimum absolute atomic E-state index is 0.00435.